The Morgan fingerprint density at radius 3 is 2.17 bits per heavy atom. The minimum Gasteiger partial charge on any atom is -0.374 e. The van der Waals surface area contributed by atoms with Crippen molar-refractivity contribution in [1.29, 1.82) is 0 Å². The van der Waals surface area contributed by atoms with Crippen LogP contribution in [0.1, 0.15) is 17.5 Å². The van der Waals surface area contributed by atoms with Crippen LogP contribution in [-0.2, 0) is 10.4 Å². The van der Waals surface area contributed by atoms with E-state index in [-0.39, 0.29) is 5.71 Å². The molecule has 3 rings (SSSR count). The fourth-order valence-corrected chi connectivity index (χ4v) is 2.96. The van der Waals surface area contributed by atoms with E-state index in [1.165, 1.54) is 0 Å². The number of hydrogen-bond acceptors (Lipinski definition) is 2. The lowest BCUT2D eigenvalue weighted by Gasteiger charge is -2.29. The molecule has 0 radical (unpaired) electrons. The van der Waals surface area contributed by atoms with Crippen LogP contribution in [0.4, 0.5) is 17.6 Å². The maximum Gasteiger partial charge on any atom is 0.435 e. The van der Waals surface area contributed by atoms with Gasteiger partial charge in [0.25, 0.3) is 5.60 Å². The van der Waals surface area contributed by atoms with Crippen molar-refractivity contribution >= 4 is 28.9 Å². The zero-order chi connectivity index (χ0) is 17.5. The Bertz CT molecular complexity index is 784. The molecule has 0 spiro atoms. The third kappa shape index (κ3) is 2.74. The van der Waals surface area contributed by atoms with Crippen molar-refractivity contribution < 1.29 is 22.4 Å². The van der Waals surface area contributed by atoms with Crippen LogP contribution in [-0.4, -0.2) is 11.9 Å². The largest absolute Gasteiger partial charge is 0.435 e. The summed E-state index contributed by atoms with van der Waals surface area (Å²) in [5.74, 6) is -0.985. The summed E-state index contributed by atoms with van der Waals surface area (Å²) in [6.45, 7) is 0. The normalized spacial score (nSPS) is 20.7. The van der Waals surface area contributed by atoms with Crippen molar-refractivity contribution in [1.82, 2.24) is 0 Å². The summed E-state index contributed by atoms with van der Waals surface area (Å²) in [5, 5.41) is 2.57. The SMILES string of the molecule is Fc1c(Cl)cc(C2(C(F)(F)F)CC(c3ccccc3)=NO2)cc1Cl. The van der Waals surface area contributed by atoms with Gasteiger partial charge in [0.15, 0.2) is 5.82 Å². The van der Waals surface area contributed by atoms with Gasteiger partial charge in [-0.3, -0.25) is 0 Å². The Morgan fingerprint density at radius 2 is 1.62 bits per heavy atom. The zero-order valence-corrected chi connectivity index (χ0v) is 13.4. The van der Waals surface area contributed by atoms with Gasteiger partial charge in [0, 0.05) is 12.0 Å². The van der Waals surface area contributed by atoms with Crippen LogP contribution in [0.15, 0.2) is 47.6 Å². The van der Waals surface area contributed by atoms with Crippen LogP contribution in [0.3, 0.4) is 0 Å². The minimum absolute atomic E-state index is 0.129. The molecule has 1 heterocycles. The summed E-state index contributed by atoms with van der Waals surface area (Å²) in [6.07, 6.45) is -5.38. The first kappa shape index (κ1) is 17.0. The predicted molar refractivity (Wildman–Crippen MR) is 82.8 cm³/mol. The third-order valence-corrected chi connectivity index (χ3v) is 4.29. The molecule has 2 aromatic rings. The monoisotopic (exact) mass is 377 g/mol. The van der Waals surface area contributed by atoms with Crippen molar-refractivity contribution in [3.05, 3.63) is 69.5 Å². The summed E-state index contributed by atoms with van der Waals surface area (Å²) in [7, 11) is 0. The number of halogens is 6. The summed E-state index contributed by atoms with van der Waals surface area (Å²) in [4.78, 5) is 4.83. The van der Waals surface area contributed by atoms with Gasteiger partial charge in [0.1, 0.15) is 0 Å². The quantitative estimate of drug-likeness (QED) is 0.484. The van der Waals surface area contributed by atoms with E-state index < -0.39 is 39.6 Å². The molecule has 2 nitrogen and oxygen atoms in total. The molecule has 1 atom stereocenters. The Labute approximate surface area is 144 Å². The lowest BCUT2D eigenvalue weighted by atomic mass is 9.86. The fraction of sp³-hybridized carbons (Fsp3) is 0.188. The van der Waals surface area contributed by atoms with Gasteiger partial charge in [-0.2, -0.15) is 13.2 Å². The maximum absolute atomic E-state index is 13.8. The first-order valence-corrected chi connectivity index (χ1v) is 7.52. The Kier molecular flexibility index (Phi) is 4.21. The number of alkyl halides is 3. The number of oxime groups is 1. The van der Waals surface area contributed by atoms with Crippen LogP contribution in [0.25, 0.3) is 0 Å². The molecule has 1 aliphatic heterocycles. The molecule has 0 aliphatic carbocycles. The summed E-state index contributed by atoms with van der Waals surface area (Å²) < 4.78 is 54.9. The highest BCUT2D eigenvalue weighted by Crippen LogP contribution is 2.50. The zero-order valence-electron chi connectivity index (χ0n) is 11.9. The van der Waals surface area contributed by atoms with E-state index in [9.17, 15) is 17.6 Å². The molecule has 0 aromatic heterocycles. The van der Waals surface area contributed by atoms with Crippen LogP contribution in [0.5, 0.6) is 0 Å². The van der Waals surface area contributed by atoms with Crippen molar-refractivity contribution in [3.63, 3.8) is 0 Å². The van der Waals surface area contributed by atoms with E-state index in [1.54, 1.807) is 30.3 Å². The van der Waals surface area contributed by atoms with Crippen LogP contribution in [0.2, 0.25) is 10.0 Å². The van der Waals surface area contributed by atoms with Crippen LogP contribution in [0, 0.1) is 5.82 Å². The van der Waals surface area contributed by atoms with Gasteiger partial charge in [-0.05, 0) is 17.7 Å². The van der Waals surface area contributed by atoms with E-state index in [2.05, 4.69) is 5.16 Å². The number of nitrogens with zero attached hydrogens (tertiary/aromatic N) is 1. The molecule has 1 unspecified atom stereocenters. The minimum atomic E-state index is -4.81. The molecule has 0 fully saturated rings. The van der Waals surface area contributed by atoms with E-state index in [0.717, 1.165) is 12.1 Å². The second kappa shape index (κ2) is 5.93. The fourth-order valence-electron chi connectivity index (χ4n) is 2.48. The van der Waals surface area contributed by atoms with Crippen molar-refractivity contribution in [3.8, 4) is 0 Å². The highest BCUT2D eigenvalue weighted by atomic mass is 35.5. The van der Waals surface area contributed by atoms with E-state index >= 15 is 0 Å². The van der Waals surface area contributed by atoms with Crippen molar-refractivity contribution in [2.75, 3.05) is 0 Å². The average Bonchev–Trinajstić information content (AvgIpc) is 2.99. The summed E-state index contributed by atoms with van der Waals surface area (Å²) in [5.41, 5.74) is -2.53. The van der Waals surface area contributed by atoms with E-state index in [4.69, 9.17) is 28.0 Å². The second-order valence-corrected chi connectivity index (χ2v) is 6.07. The molecule has 1 aliphatic rings. The first-order chi connectivity index (χ1) is 11.2. The molecule has 8 heteroatoms. The number of benzene rings is 2. The Morgan fingerprint density at radius 1 is 1.04 bits per heavy atom. The average molecular weight is 378 g/mol. The van der Waals surface area contributed by atoms with Crippen molar-refractivity contribution in [2.45, 2.75) is 18.2 Å². The topological polar surface area (TPSA) is 21.6 Å². The first-order valence-electron chi connectivity index (χ1n) is 6.77. The van der Waals surface area contributed by atoms with Gasteiger partial charge >= 0.3 is 6.18 Å². The molecule has 126 valence electrons. The molecule has 2 aromatic carbocycles. The molecule has 24 heavy (non-hydrogen) atoms. The molecular weight excluding hydrogens is 369 g/mol. The number of hydrogen-bond donors (Lipinski definition) is 0. The highest BCUT2D eigenvalue weighted by Gasteiger charge is 2.62. The molecule has 0 saturated carbocycles. The van der Waals surface area contributed by atoms with Crippen molar-refractivity contribution in [2.24, 2.45) is 5.16 Å². The Hall–Kier alpha value is -1.79. The molecule has 0 N–H and O–H groups in total. The lowest BCUT2D eigenvalue weighted by molar-refractivity contribution is -0.275. The van der Waals surface area contributed by atoms with Gasteiger partial charge < -0.3 is 4.84 Å². The maximum atomic E-state index is 13.8. The molecule has 0 bridgehead atoms. The Balaban J connectivity index is 2.07. The molecular formula is C16H9Cl2F4NO. The standard InChI is InChI=1S/C16H9Cl2F4NO/c17-11-6-10(7-12(18)14(11)19)15(16(20,21)22)8-13(23-24-15)9-4-2-1-3-5-9/h1-7H,8H2. The number of rotatable bonds is 2. The molecule has 0 amide bonds. The predicted octanol–water partition coefficient (Wildman–Crippen LogP) is 5.71. The van der Waals surface area contributed by atoms with Crippen LogP contribution >= 0.6 is 23.2 Å². The van der Waals surface area contributed by atoms with Gasteiger partial charge in [0.2, 0.25) is 0 Å². The summed E-state index contributed by atoms with van der Waals surface area (Å²) in [6, 6.07) is 10.1. The van der Waals surface area contributed by atoms with E-state index in [1.807, 2.05) is 0 Å². The lowest BCUT2D eigenvalue weighted by Crippen LogP contribution is -2.42. The molecule has 0 saturated heterocycles. The second-order valence-electron chi connectivity index (χ2n) is 5.25. The van der Waals surface area contributed by atoms with Gasteiger partial charge in [0.05, 0.1) is 15.8 Å². The summed E-state index contributed by atoms with van der Waals surface area (Å²) >= 11 is 11.3. The highest BCUT2D eigenvalue weighted by molar-refractivity contribution is 6.35. The van der Waals surface area contributed by atoms with Gasteiger partial charge in [-0.1, -0.05) is 58.7 Å². The van der Waals surface area contributed by atoms with E-state index in [0.29, 0.717) is 5.56 Å². The third-order valence-electron chi connectivity index (χ3n) is 3.74. The smallest absolute Gasteiger partial charge is 0.374 e. The van der Waals surface area contributed by atoms with Gasteiger partial charge in [-0.15, -0.1) is 0 Å². The van der Waals surface area contributed by atoms with Crippen LogP contribution < -0.4 is 0 Å². The van der Waals surface area contributed by atoms with Gasteiger partial charge in [-0.25, -0.2) is 4.39 Å².